The standard InChI is InChI=1S/C24H30N2O4/c1-25(17-19-7-9-21(10-8-19)26-11-14-28-15-12-26)24(27)20-4-2-5-22(16-20)30-18-23-6-3-13-29-23/h2,4-5,7-10,16,23H,3,6,11-15,17-18H2,1H3. The summed E-state index contributed by atoms with van der Waals surface area (Å²) in [5.41, 5.74) is 2.94. The summed E-state index contributed by atoms with van der Waals surface area (Å²) in [4.78, 5) is 17.0. The monoisotopic (exact) mass is 410 g/mol. The minimum Gasteiger partial charge on any atom is -0.491 e. The second-order valence-electron chi connectivity index (χ2n) is 7.90. The zero-order valence-electron chi connectivity index (χ0n) is 17.6. The van der Waals surface area contributed by atoms with Crippen LogP contribution in [-0.2, 0) is 16.0 Å². The van der Waals surface area contributed by atoms with E-state index >= 15 is 0 Å². The number of hydrogen-bond acceptors (Lipinski definition) is 5. The lowest BCUT2D eigenvalue weighted by molar-refractivity contribution is 0.0678. The largest absolute Gasteiger partial charge is 0.491 e. The summed E-state index contributed by atoms with van der Waals surface area (Å²) in [6, 6.07) is 15.8. The van der Waals surface area contributed by atoms with Crippen LogP contribution in [0, 0.1) is 0 Å². The van der Waals surface area contributed by atoms with Gasteiger partial charge in [0.05, 0.1) is 19.3 Å². The average molecular weight is 411 g/mol. The van der Waals surface area contributed by atoms with Crippen molar-refractivity contribution in [3.05, 3.63) is 59.7 Å². The third kappa shape index (κ3) is 5.32. The number of carbonyl (C=O) groups excluding carboxylic acids is 1. The second kappa shape index (κ2) is 9.96. The summed E-state index contributed by atoms with van der Waals surface area (Å²) >= 11 is 0. The molecule has 160 valence electrons. The van der Waals surface area contributed by atoms with Crippen molar-refractivity contribution >= 4 is 11.6 Å². The molecule has 0 radical (unpaired) electrons. The number of rotatable bonds is 7. The van der Waals surface area contributed by atoms with E-state index in [-0.39, 0.29) is 12.0 Å². The van der Waals surface area contributed by atoms with Gasteiger partial charge in [-0.3, -0.25) is 4.79 Å². The Kier molecular flexibility index (Phi) is 6.87. The Bertz CT molecular complexity index is 827. The lowest BCUT2D eigenvalue weighted by Gasteiger charge is -2.29. The maximum absolute atomic E-state index is 12.9. The topological polar surface area (TPSA) is 51.2 Å². The molecule has 2 aromatic rings. The van der Waals surface area contributed by atoms with Gasteiger partial charge in [-0.1, -0.05) is 18.2 Å². The molecule has 0 spiro atoms. The van der Waals surface area contributed by atoms with Crippen molar-refractivity contribution in [3.63, 3.8) is 0 Å². The van der Waals surface area contributed by atoms with E-state index in [9.17, 15) is 4.79 Å². The highest BCUT2D eigenvalue weighted by atomic mass is 16.5. The molecule has 0 saturated carbocycles. The highest BCUT2D eigenvalue weighted by Gasteiger charge is 2.17. The van der Waals surface area contributed by atoms with Gasteiger partial charge in [0.25, 0.3) is 5.91 Å². The van der Waals surface area contributed by atoms with Gasteiger partial charge in [0.2, 0.25) is 0 Å². The lowest BCUT2D eigenvalue weighted by atomic mass is 10.1. The van der Waals surface area contributed by atoms with Crippen molar-refractivity contribution in [1.29, 1.82) is 0 Å². The quantitative estimate of drug-likeness (QED) is 0.701. The van der Waals surface area contributed by atoms with Crippen LogP contribution in [0.1, 0.15) is 28.8 Å². The van der Waals surface area contributed by atoms with Gasteiger partial charge in [0, 0.05) is 44.5 Å². The molecule has 0 aliphatic carbocycles. The van der Waals surface area contributed by atoms with Crippen LogP contribution in [0.4, 0.5) is 5.69 Å². The van der Waals surface area contributed by atoms with Gasteiger partial charge in [0.15, 0.2) is 0 Å². The van der Waals surface area contributed by atoms with Crippen LogP contribution in [0.2, 0.25) is 0 Å². The predicted octanol–water partition coefficient (Wildman–Crippen LogP) is 3.35. The van der Waals surface area contributed by atoms with Gasteiger partial charge in [-0.15, -0.1) is 0 Å². The van der Waals surface area contributed by atoms with Gasteiger partial charge in [-0.2, -0.15) is 0 Å². The molecule has 30 heavy (non-hydrogen) atoms. The number of nitrogens with zero attached hydrogens (tertiary/aromatic N) is 2. The first-order valence-corrected chi connectivity index (χ1v) is 10.7. The van der Waals surface area contributed by atoms with E-state index in [2.05, 4.69) is 29.2 Å². The number of anilines is 1. The fourth-order valence-electron chi connectivity index (χ4n) is 3.88. The van der Waals surface area contributed by atoms with E-state index in [0.29, 0.717) is 24.5 Å². The van der Waals surface area contributed by atoms with E-state index in [0.717, 1.165) is 51.3 Å². The first kappa shape index (κ1) is 20.7. The molecular formula is C24H30N2O4. The Morgan fingerprint density at radius 2 is 1.93 bits per heavy atom. The van der Waals surface area contributed by atoms with Gasteiger partial charge < -0.3 is 24.0 Å². The van der Waals surface area contributed by atoms with E-state index < -0.39 is 0 Å². The van der Waals surface area contributed by atoms with Crippen LogP contribution >= 0.6 is 0 Å². The summed E-state index contributed by atoms with van der Waals surface area (Å²) in [5.74, 6) is 0.689. The van der Waals surface area contributed by atoms with Gasteiger partial charge in [-0.25, -0.2) is 0 Å². The summed E-state index contributed by atoms with van der Waals surface area (Å²) in [5, 5.41) is 0. The summed E-state index contributed by atoms with van der Waals surface area (Å²) in [7, 11) is 1.83. The van der Waals surface area contributed by atoms with Crippen molar-refractivity contribution in [1.82, 2.24) is 4.90 Å². The molecular weight excluding hydrogens is 380 g/mol. The molecule has 2 heterocycles. The Balaban J connectivity index is 1.33. The SMILES string of the molecule is CN(Cc1ccc(N2CCOCC2)cc1)C(=O)c1cccc(OCC2CCCO2)c1. The van der Waals surface area contributed by atoms with E-state index in [1.165, 1.54) is 5.69 Å². The molecule has 0 N–H and O–H groups in total. The Hall–Kier alpha value is -2.57. The molecule has 4 rings (SSSR count). The molecule has 1 atom stereocenters. The summed E-state index contributed by atoms with van der Waals surface area (Å²) in [6.45, 7) is 5.29. The molecule has 2 aromatic carbocycles. The van der Waals surface area contributed by atoms with Crippen molar-refractivity contribution in [2.24, 2.45) is 0 Å². The molecule has 0 aromatic heterocycles. The van der Waals surface area contributed by atoms with Crippen LogP contribution in [0.3, 0.4) is 0 Å². The summed E-state index contributed by atoms with van der Waals surface area (Å²) in [6.07, 6.45) is 2.28. The van der Waals surface area contributed by atoms with Crippen LogP contribution in [0.5, 0.6) is 5.75 Å². The highest BCUT2D eigenvalue weighted by molar-refractivity contribution is 5.94. The second-order valence-corrected chi connectivity index (χ2v) is 7.90. The molecule has 2 saturated heterocycles. The third-order valence-electron chi connectivity index (χ3n) is 5.62. The first-order chi connectivity index (χ1) is 14.7. The Morgan fingerprint density at radius 3 is 2.67 bits per heavy atom. The number of amides is 1. The maximum Gasteiger partial charge on any atom is 0.254 e. The van der Waals surface area contributed by atoms with Crippen molar-refractivity contribution in [2.45, 2.75) is 25.5 Å². The highest BCUT2D eigenvalue weighted by Crippen LogP contribution is 2.20. The zero-order chi connectivity index (χ0) is 20.8. The van der Waals surface area contributed by atoms with Gasteiger partial charge in [-0.05, 0) is 48.7 Å². The van der Waals surface area contributed by atoms with Crippen LogP contribution in [-0.4, -0.2) is 63.5 Å². The predicted molar refractivity (Wildman–Crippen MR) is 116 cm³/mol. The minimum atomic E-state index is -0.0187. The zero-order valence-corrected chi connectivity index (χ0v) is 17.6. The number of ether oxygens (including phenoxy) is 3. The third-order valence-corrected chi connectivity index (χ3v) is 5.62. The molecule has 6 nitrogen and oxygen atoms in total. The number of morpholine rings is 1. The number of benzene rings is 2. The van der Waals surface area contributed by atoms with Crippen molar-refractivity contribution < 1.29 is 19.0 Å². The van der Waals surface area contributed by atoms with Crippen LogP contribution in [0.25, 0.3) is 0 Å². The van der Waals surface area contributed by atoms with Crippen molar-refractivity contribution in [2.75, 3.05) is 51.5 Å². The molecule has 0 bridgehead atoms. The maximum atomic E-state index is 12.9. The van der Waals surface area contributed by atoms with Crippen LogP contribution < -0.4 is 9.64 Å². The average Bonchev–Trinajstić information content (AvgIpc) is 3.32. The molecule has 6 heteroatoms. The van der Waals surface area contributed by atoms with Crippen molar-refractivity contribution in [3.8, 4) is 5.75 Å². The molecule has 2 aliphatic heterocycles. The molecule has 1 amide bonds. The van der Waals surface area contributed by atoms with E-state index in [1.807, 2.05) is 31.3 Å². The van der Waals surface area contributed by atoms with Gasteiger partial charge in [0.1, 0.15) is 12.4 Å². The fourth-order valence-corrected chi connectivity index (χ4v) is 3.88. The number of hydrogen-bond donors (Lipinski definition) is 0. The molecule has 1 unspecified atom stereocenters. The fraction of sp³-hybridized carbons (Fsp3) is 0.458. The first-order valence-electron chi connectivity index (χ1n) is 10.7. The lowest BCUT2D eigenvalue weighted by Crippen LogP contribution is -2.36. The van der Waals surface area contributed by atoms with E-state index in [1.54, 1.807) is 4.90 Å². The minimum absolute atomic E-state index is 0.0187. The summed E-state index contributed by atoms with van der Waals surface area (Å²) < 4.78 is 16.8. The normalized spacial score (nSPS) is 19.0. The Labute approximate surface area is 178 Å². The Morgan fingerprint density at radius 1 is 1.13 bits per heavy atom. The smallest absolute Gasteiger partial charge is 0.254 e. The van der Waals surface area contributed by atoms with E-state index in [4.69, 9.17) is 14.2 Å². The molecule has 2 aliphatic rings. The number of carbonyl (C=O) groups is 1. The van der Waals surface area contributed by atoms with Gasteiger partial charge >= 0.3 is 0 Å². The molecule has 2 fully saturated rings. The van der Waals surface area contributed by atoms with Crippen LogP contribution in [0.15, 0.2) is 48.5 Å².